The Kier molecular flexibility index (Phi) is 4.96. The molecule has 0 fully saturated rings. The fourth-order valence-electron chi connectivity index (χ4n) is 2.56. The number of fused-ring (bicyclic) bond motifs is 1. The molecule has 0 radical (unpaired) electrons. The number of H-pyrrole nitrogens is 2. The Balaban J connectivity index is 1.57. The van der Waals surface area contributed by atoms with E-state index in [0.717, 1.165) is 0 Å². The molecule has 0 aromatic carbocycles. The number of pyridine rings is 1. The summed E-state index contributed by atoms with van der Waals surface area (Å²) in [5.41, 5.74) is -1.07. The van der Waals surface area contributed by atoms with Gasteiger partial charge in [0.25, 0.3) is 5.56 Å². The van der Waals surface area contributed by atoms with E-state index in [1.165, 1.54) is 41.4 Å². The summed E-state index contributed by atoms with van der Waals surface area (Å²) in [5, 5.41) is 4.19. The van der Waals surface area contributed by atoms with Gasteiger partial charge < -0.3 is 14.5 Å². The Morgan fingerprint density at radius 2 is 1.93 bits per heavy atom. The van der Waals surface area contributed by atoms with Crippen LogP contribution in [0, 0.1) is 0 Å². The zero-order valence-electron chi connectivity index (χ0n) is 15.2. The lowest BCUT2D eigenvalue weighted by Gasteiger charge is -2.18. The SMILES string of the molecule is O=c1[nH]cc(-c2cc(OCC(F)(F)COc3ccccn3)c3nccn3n2)c(=O)[nH]1. The number of rotatable bonds is 7. The molecule has 0 aliphatic carbocycles. The number of hydrogen-bond donors (Lipinski definition) is 2. The van der Waals surface area contributed by atoms with Crippen molar-refractivity contribution in [3.8, 4) is 22.9 Å². The Morgan fingerprint density at radius 1 is 1.10 bits per heavy atom. The van der Waals surface area contributed by atoms with Crippen LogP contribution in [0.1, 0.15) is 0 Å². The van der Waals surface area contributed by atoms with Gasteiger partial charge in [-0.3, -0.25) is 9.78 Å². The van der Waals surface area contributed by atoms with Crippen molar-refractivity contribution in [3.05, 3.63) is 69.9 Å². The van der Waals surface area contributed by atoms with Crippen LogP contribution < -0.4 is 20.7 Å². The monoisotopic (exact) mass is 416 g/mol. The molecule has 0 unspecified atom stereocenters. The van der Waals surface area contributed by atoms with Crippen LogP contribution >= 0.6 is 0 Å². The highest BCUT2D eigenvalue weighted by atomic mass is 19.3. The summed E-state index contributed by atoms with van der Waals surface area (Å²) < 4.78 is 40.0. The predicted octanol–water partition coefficient (Wildman–Crippen LogP) is 1.26. The van der Waals surface area contributed by atoms with Gasteiger partial charge >= 0.3 is 11.6 Å². The zero-order valence-corrected chi connectivity index (χ0v) is 15.2. The van der Waals surface area contributed by atoms with E-state index in [4.69, 9.17) is 9.47 Å². The molecule has 4 heterocycles. The summed E-state index contributed by atoms with van der Waals surface area (Å²) in [6.07, 6.45) is 5.47. The van der Waals surface area contributed by atoms with E-state index in [1.807, 2.05) is 0 Å². The summed E-state index contributed by atoms with van der Waals surface area (Å²) in [6.45, 7) is -1.94. The topological polar surface area (TPSA) is 127 Å². The van der Waals surface area contributed by atoms with Crippen LogP contribution in [0.3, 0.4) is 0 Å². The molecule has 4 rings (SSSR count). The maximum atomic E-state index is 14.2. The van der Waals surface area contributed by atoms with Gasteiger partial charge in [-0.25, -0.2) is 19.3 Å². The molecule has 0 aliphatic rings. The van der Waals surface area contributed by atoms with Crippen LogP contribution in [0.2, 0.25) is 0 Å². The number of halogens is 2. The van der Waals surface area contributed by atoms with Crippen LogP contribution in [-0.2, 0) is 0 Å². The second kappa shape index (κ2) is 7.73. The van der Waals surface area contributed by atoms with Crippen LogP contribution in [0.25, 0.3) is 16.9 Å². The van der Waals surface area contributed by atoms with E-state index in [2.05, 4.69) is 25.0 Å². The van der Waals surface area contributed by atoms with Gasteiger partial charge in [-0.2, -0.15) is 13.9 Å². The fraction of sp³-hybridized carbons (Fsp3) is 0.167. The van der Waals surface area contributed by atoms with Crippen molar-refractivity contribution in [1.82, 2.24) is 29.5 Å². The van der Waals surface area contributed by atoms with Crippen LogP contribution in [0.4, 0.5) is 8.78 Å². The van der Waals surface area contributed by atoms with Crippen molar-refractivity contribution >= 4 is 5.65 Å². The van der Waals surface area contributed by atoms with Crippen molar-refractivity contribution in [1.29, 1.82) is 0 Å². The van der Waals surface area contributed by atoms with Crippen molar-refractivity contribution in [2.45, 2.75) is 5.92 Å². The quantitative estimate of drug-likeness (QED) is 0.464. The molecule has 154 valence electrons. The zero-order chi connectivity index (χ0) is 21.1. The first-order valence-corrected chi connectivity index (χ1v) is 8.62. The average Bonchev–Trinajstić information content (AvgIpc) is 3.20. The van der Waals surface area contributed by atoms with Crippen molar-refractivity contribution in [2.24, 2.45) is 0 Å². The third kappa shape index (κ3) is 4.16. The normalized spacial score (nSPS) is 11.5. The Morgan fingerprint density at radius 3 is 2.70 bits per heavy atom. The van der Waals surface area contributed by atoms with Gasteiger partial charge in [-0.15, -0.1) is 0 Å². The molecule has 0 spiro atoms. The maximum Gasteiger partial charge on any atom is 0.325 e. The van der Waals surface area contributed by atoms with Crippen molar-refractivity contribution in [2.75, 3.05) is 13.2 Å². The number of aromatic amines is 2. The minimum atomic E-state index is -3.33. The lowest BCUT2D eigenvalue weighted by Crippen LogP contribution is -2.33. The molecular formula is C18H14F2N6O4. The minimum absolute atomic E-state index is 0.0203. The highest BCUT2D eigenvalue weighted by Gasteiger charge is 2.32. The Hall–Kier alpha value is -4.09. The summed E-state index contributed by atoms with van der Waals surface area (Å²) in [4.78, 5) is 35.5. The van der Waals surface area contributed by atoms with Gasteiger partial charge in [0.15, 0.2) is 24.6 Å². The van der Waals surface area contributed by atoms with Gasteiger partial charge in [0.2, 0.25) is 5.88 Å². The van der Waals surface area contributed by atoms with Crippen molar-refractivity contribution in [3.63, 3.8) is 0 Å². The molecule has 0 bridgehead atoms. The number of alkyl halides is 2. The Bertz CT molecular complexity index is 1290. The third-order valence-electron chi connectivity index (χ3n) is 3.93. The van der Waals surface area contributed by atoms with Gasteiger partial charge in [-0.05, 0) is 6.07 Å². The third-order valence-corrected chi connectivity index (χ3v) is 3.93. The molecule has 4 aromatic rings. The number of aromatic nitrogens is 6. The predicted molar refractivity (Wildman–Crippen MR) is 99.8 cm³/mol. The van der Waals surface area contributed by atoms with E-state index in [0.29, 0.717) is 0 Å². The van der Waals surface area contributed by atoms with Gasteiger partial charge in [0, 0.05) is 36.9 Å². The summed E-state index contributed by atoms with van der Waals surface area (Å²) in [5.74, 6) is -3.29. The molecule has 12 heteroatoms. The molecule has 4 aromatic heterocycles. The first-order valence-electron chi connectivity index (χ1n) is 8.62. The number of nitrogens with zero attached hydrogens (tertiary/aromatic N) is 4. The van der Waals surface area contributed by atoms with Crippen LogP contribution in [0.5, 0.6) is 11.6 Å². The standard InChI is InChI=1S/C18H14F2N6O4/c19-18(20,10-30-14-3-1-2-4-21-14)9-29-13-7-12(25-26-6-5-22-15(13)26)11-8-23-17(28)24-16(11)27/h1-8H,9-10H2,(H2,23,24,27,28). The van der Waals surface area contributed by atoms with E-state index in [-0.39, 0.29) is 28.5 Å². The molecular weight excluding hydrogens is 402 g/mol. The minimum Gasteiger partial charge on any atom is -0.483 e. The highest BCUT2D eigenvalue weighted by molar-refractivity contribution is 5.64. The molecule has 10 nitrogen and oxygen atoms in total. The Labute approximate surface area is 166 Å². The number of imidazole rings is 1. The fourth-order valence-corrected chi connectivity index (χ4v) is 2.56. The first kappa shape index (κ1) is 19.2. The molecule has 0 aliphatic heterocycles. The van der Waals surface area contributed by atoms with Gasteiger partial charge in [0.05, 0.1) is 5.56 Å². The molecule has 30 heavy (non-hydrogen) atoms. The van der Waals surface area contributed by atoms with Crippen molar-refractivity contribution < 1.29 is 18.3 Å². The van der Waals surface area contributed by atoms with E-state index >= 15 is 0 Å². The largest absolute Gasteiger partial charge is 0.483 e. The summed E-state index contributed by atoms with van der Waals surface area (Å²) in [6, 6.07) is 6.00. The lowest BCUT2D eigenvalue weighted by molar-refractivity contribution is -0.0735. The smallest absolute Gasteiger partial charge is 0.325 e. The summed E-state index contributed by atoms with van der Waals surface area (Å²) >= 11 is 0. The molecule has 0 amide bonds. The molecule has 2 N–H and O–H groups in total. The molecule has 0 atom stereocenters. The average molecular weight is 416 g/mol. The van der Waals surface area contributed by atoms with E-state index < -0.39 is 30.4 Å². The number of hydrogen-bond acceptors (Lipinski definition) is 7. The maximum absolute atomic E-state index is 14.2. The number of ether oxygens (including phenoxy) is 2. The molecule has 0 saturated heterocycles. The van der Waals surface area contributed by atoms with Gasteiger partial charge in [-0.1, -0.05) is 6.07 Å². The van der Waals surface area contributed by atoms with E-state index in [9.17, 15) is 18.4 Å². The second-order valence-electron chi connectivity index (χ2n) is 6.18. The molecule has 0 saturated carbocycles. The van der Waals surface area contributed by atoms with Gasteiger partial charge in [0.1, 0.15) is 5.69 Å². The van der Waals surface area contributed by atoms with Crippen LogP contribution in [-0.4, -0.2) is 48.7 Å². The van der Waals surface area contributed by atoms with Crippen LogP contribution in [0.15, 0.2) is 58.6 Å². The van der Waals surface area contributed by atoms with E-state index in [1.54, 1.807) is 12.1 Å². The lowest BCUT2D eigenvalue weighted by atomic mass is 10.2. The number of nitrogens with one attached hydrogen (secondary N) is 2. The second-order valence-corrected chi connectivity index (χ2v) is 6.18. The highest BCUT2D eigenvalue weighted by Crippen LogP contribution is 2.25. The first-order chi connectivity index (χ1) is 14.4. The summed E-state index contributed by atoms with van der Waals surface area (Å²) in [7, 11) is 0.